The van der Waals surface area contributed by atoms with Crippen LogP contribution >= 0.6 is 27.5 Å². The van der Waals surface area contributed by atoms with Crippen molar-refractivity contribution in [3.63, 3.8) is 0 Å². The lowest BCUT2D eigenvalue weighted by molar-refractivity contribution is -0.121. The second-order valence-corrected chi connectivity index (χ2v) is 5.90. The smallest absolute Gasteiger partial charge is 0.224 e. The molecule has 0 heterocycles. The molecule has 1 saturated carbocycles. The van der Waals surface area contributed by atoms with Crippen molar-refractivity contribution in [1.82, 2.24) is 5.32 Å². The lowest BCUT2D eigenvalue weighted by Gasteiger charge is -2.15. The van der Waals surface area contributed by atoms with Gasteiger partial charge < -0.3 is 5.32 Å². The quantitative estimate of drug-likeness (QED) is 0.852. The van der Waals surface area contributed by atoms with Crippen molar-refractivity contribution in [2.24, 2.45) is 0 Å². The molecule has 2 rings (SSSR count). The average Bonchev–Trinajstić information content (AvgIpc) is 2.64. The Bertz CT molecular complexity index is 410. The molecule has 0 spiro atoms. The van der Waals surface area contributed by atoms with Crippen LogP contribution in [-0.2, 0) is 11.2 Å². The van der Waals surface area contributed by atoms with Crippen LogP contribution < -0.4 is 5.32 Å². The second-order valence-electron chi connectivity index (χ2n) is 4.43. The average molecular weight is 317 g/mol. The van der Waals surface area contributed by atoms with Gasteiger partial charge in [-0.3, -0.25) is 4.79 Å². The van der Waals surface area contributed by atoms with Crippen LogP contribution in [0, 0.1) is 0 Å². The molecule has 1 aromatic carbocycles. The molecule has 1 fully saturated rings. The molecule has 0 aliphatic heterocycles. The van der Waals surface area contributed by atoms with Crippen LogP contribution in [0.4, 0.5) is 0 Å². The number of amides is 1. The van der Waals surface area contributed by atoms with Gasteiger partial charge in [-0.25, -0.2) is 0 Å². The van der Waals surface area contributed by atoms with Gasteiger partial charge in [-0.15, -0.1) is 11.6 Å². The zero-order valence-corrected chi connectivity index (χ0v) is 11.8. The molecule has 17 heavy (non-hydrogen) atoms. The Labute approximate surface area is 115 Å². The highest BCUT2D eigenvalue weighted by atomic mass is 79.9. The third-order valence-electron chi connectivity index (χ3n) is 3.03. The molecule has 2 unspecified atom stereocenters. The van der Waals surface area contributed by atoms with E-state index >= 15 is 0 Å². The van der Waals surface area contributed by atoms with Gasteiger partial charge in [-0.1, -0.05) is 28.1 Å². The van der Waals surface area contributed by atoms with Crippen LogP contribution in [0.3, 0.4) is 0 Å². The van der Waals surface area contributed by atoms with E-state index in [0.717, 1.165) is 29.3 Å². The van der Waals surface area contributed by atoms with E-state index in [9.17, 15) is 4.79 Å². The molecule has 1 aliphatic carbocycles. The topological polar surface area (TPSA) is 29.1 Å². The second kappa shape index (κ2) is 5.87. The van der Waals surface area contributed by atoms with Crippen LogP contribution in [0.25, 0.3) is 0 Å². The van der Waals surface area contributed by atoms with Crippen molar-refractivity contribution in [2.75, 3.05) is 0 Å². The maximum atomic E-state index is 11.8. The van der Waals surface area contributed by atoms with Crippen molar-refractivity contribution >= 4 is 33.4 Å². The van der Waals surface area contributed by atoms with E-state index in [0.29, 0.717) is 6.42 Å². The molecule has 1 aromatic rings. The molecule has 0 aromatic heterocycles. The summed E-state index contributed by atoms with van der Waals surface area (Å²) in [6.07, 6.45) is 3.53. The van der Waals surface area contributed by atoms with Crippen LogP contribution in [0.1, 0.15) is 24.8 Å². The van der Waals surface area contributed by atoms with Crippen molar-refractivity contribution in [3.05, 3.63) is 34.3 Å². The summed E-state index contributed by atoms with van der Waals surface area (Å²) in [7, 11) is 0. The fourth-order valence-electron chi connectivity index (χ4n) is 2.17. The van der Waals surface area contributed by atoms with Gasteiger partial charge in [-0.2, -0.15) is 0 Å². The maximum Gasteiger partial charge on any atom is 0.224 e. The van der Waals surface area contributed by atoms with E-state index in [4.69, 9.17) is 11.6 Å². The number of carbonyl (C=O) groups is 1. The summed E-state index contributed by atoms with van der Waals surface area (Å²) in [6.45, 7) is 0. The summed E-state index contributed by atoms with van der Waals surface area (Å²) in [5.41, 5.74) is 1.01. The molecule has 1 amide bonds. The third-order valence-corrected chi connectivity index (χ3v) is 4.05. The molecule has 1 N–H and O–H groups in total. The maximum absolute atomic E-state index is 11.8. The summed E-state index contributed by atoms with van der Waals surface area (Å²) in [5.74, 6) is 0.0562. The Morgan fingerprint density at radius 3 is 2.94 bits per heavy atom. The molecule has 1 aliphatic rings. The zero-order valence-electron chi connectivity index (χ0n) is 9.46. The molecular formula is C13H15BrClNO. The van der Waals surface area contributed by atoms with Crippen molar-refractivity contribution in [1.29, 1.82) is 0 Å². The van der Waals surface area contributed by atoms with E-state index in [2.05, 4.69) is 21.2 Å². The van der Waals surface area contributed by atoms with E-state index in [1.165, 1.54) is 0 Å². The summed E-state index contributed by atoms with van der Waals surface area (Å²) in [4.78, 5) is 11.8. The third kappa shape index (κ3) is 3.71. The van der Waals surface area contributed by atoms with E-state index in [1.54, 1.807) is 0 Å². The Balaban J connectivity index is 1.89. The molecule has 92 valence electrons. The van der Waals surface area contributed by atoms with Gasteiger partial charge in [0.2, 0.25) is 5.91 Å². The number of rotatable bonds is 3. The standard InChI is InChI=1S/C13H15BrClNO/c14-10-4-1-3-9(7-10)8-13(17)16-12-6-2-5-11(12)15/h1,3-4,7,11-12H,2,5-6,8H2,(H,16,17). The molecule has 4 heteroatoms. The first-order valence-electron chi connectivity index (χ1n) is 5.83. The normalized spacial score (nSPS) is 23.6. The van der Waals surface area contributed by atoms with Crippen molar-refractivity contribution in [2.45, 2.75) is 37.1 Å². The number of nitrogens with one attached hydrogen (secondary N) is 1. The minimum Gasteiger partial charge on any atom is -0.352 e. The van der Waals surface area contributed by atoms with Gasteiger partial charge in [0.15, 0.2) is 0 Å². The molecule has 0 radical (unpaired) electrons. The minimum atomic E-state index is 0.0562. The van der Waals surface area contributed by atoms with E-state index < -0.39 is 0 Å². The predicted octanol–water partition coefficient (Wildman–Crippen LogP) is 3.27. The summed E-state index contributed by atoms with van der Waals surface area (Å²) in [6, 6.07) is 7.96. The van der Waals surface area contributed by atoms with Crippen LogP contribution in [0.5, 0.6) is 0 Å². The number of benzene rings is 1. The molecule has 2 atom stereocenters. The van der Waals surface area contributed by atoms with Gasteiger partial charge in [-0.05, 0) is 37.0 Å². The van der Waals surface area contributed by atoms with Gasteiger partial charge >= 0.3 is 0 Å². The number of hydrogen-bond acceptors (Lipinski definition) is 1. The van der Waals surface area contributed by atoms with Crippen LogP contribution in [0.2, 0.25) is 0 Å². The largest absolute Gasteiger partial charge is 0.352 e. The molecule has 2 nitrogen and oxygen atoms in total. The highest BCUT2D eigenvalue weighted by molar-refractivity contribution is 9.10. The summed E-state index contributed by atoms with van der Waals surface area (Å²) in [5, 5.41) is 3.11. The fraction of sp³-hybridized carbons (Fsp3) is 0.462. The first kappa shape index (κ1) is 12.9. The van der Waals surface area contributed by atoms with Crippen molar-refractivity contribution < 1.29 is 4.79 Å². The summed E-state index contributed by atoms with van der Waals surface area (Å²) >= 11 is 9.53. The number of carbonyl (C=O) groups excluding carboxylic acids is 1. The molecule has 0 saturated heterocycles. The number of alkyl halides is 1. The minimum absolute atomic E-state index is 0.0562. The Hall–Kier alpha value is -0.540. The number of hydrogen-bond donors (Lipinski definition) is 1. The van der Waals surface area contributed by atoms with E-state index in [-0.39, 0.29) is 17.3 Å². The first-order valence-corrected chi connectivity index (χ1v) is 7.06. The SMILES string of the molecule is O=C(Cc1cccc(Br)c1)NC1CCCC1Cl. The van der Waals surface area contributed by atoms with Gasteiger partial charge in [0.05, 0.1) is 11.8 Å². The predicted molar refractivity (Wildman–Crippen MR) is 73.3 cm³/mol. The van der Waals surface area contributed by atoms with Crippen molar-refractivity contribution in [3.8, 4) is 0 Å². The van der Waals surface area contributed by atoms with Gasteiger partial charge in [0, 0.05) is 10.5 Å². The van der Waals surface area contributed by atoms with Crippen LogP contribution in [0.15, 0.2) is 28.7 Å². The Morgan fingerprint density at radius 2 is 2.29 bits per heavy atom. The highest BCUT2D eigenvalue weighted by Crippen LogP contribution is 2.24. The zero-order chi connectivity index (χ0) is 12.3. The number of halogens is 2. The summed E-state index contributed by atoms with van der Waals surface area (Å²) < 4.78 is 0.999. The Kier molecular flexibility index (Phi) is 4.46. The van der Waals surface area contributed by atoms with Crippen LogP contribution in [-0.4, -0.2) is 17.3 Å². The van der Waals surface area contributed by atoms with E-state index in [1.807, 2.05) is 24.3 Å². The van der Waals surface area contributed by atoms with Gasteiger partial charge in [0.1, 0.15) is 0 Å². The molecular weight excluding hydrogens is 302 g/mol. The fourth-order valence-corrected chi connectivity index (χ4v) is 2.96. The lowest BCUT2D eigenvalue weighted by Crippen LogP contribution is -2.38. The van der Waals surface area contributed by atoms with Gasteiger partial charge in [0.25, 0.3) is 0 Å². The highest BCUT2D eigenvalue weighted by Gasteiger charge is 2.26. The lowest BCUT2D eigenvalue weighted by atomic mass is 10.1. The Morgan fingerprint density at radius 1 is 1.47 bits per heavy atom. The molecule has 0 bridgehead atoms. The first-order chi connectivity index (χ1) is 8.15. The monoisotopic (exact) mass is 315 g/mol.